The number of carbonyl (C=O) groups is 1. The quantitative estimate of drug-likeness (QED) is 0.150. The number of ether oxygens (including phenoxy) is 1. The van der Waals surface area contributed by atoms with Gasteiger partial charge in [0.1, 0.15) is 0 Å². The van der Waals surface area contributed by atoms with Crippen molar-refractivity contribution >= 4 is 5.97 Å². The van der Waals surface area contributed by atoms with Crippen molar-refractivity contribution in [1.29, 1.82) is 0 Å². The summed E-state index contributed by atoms with van der Waals surface area (Å²) in [5.74, 6) is 0.197. The monoisotopic (exact) mass is 398 g/mol. The summed E-state index contributed by atoms with van der Waals surface area (Å²) in [6.45, 7) is 4.82. The molecule has 0 saturated carbocycles. The molecule has 1 aromatic carbocycles. The van der Waals surface area contributed by atoms with Crippen LogP contribution >= 0.6 is 0 Å². The van der Waals surface area contributed by atoms with E-state index in [2.05, 4.69) is 50.3 Å². The summed E-state index contributed by atoms with van der Waals surface area (Å²) in [5.41, 5.74) is 1.22. The van der Waals surface area contributed by atoms with Crippen molar-refractivity contribution in [3.05, 3.63) is 60.2 Å². The molecule has 1 atom stereocenters. The molecule has 0 amide bonds. The number of carbonyl (C=O) groups excluding carboxylic acids is 1. The maximum Gasteiger partial charge on any atom is 0.305 e. The van der Waals surface area contributed by atoms with Gasteiger partial charge in [0.2, 0.25) is 0 Å². The van der Waals surface area contributed by atoms with Gasteiger partial charge < -0.3 is 4.74 Å². The van der Waals surface area contributed by atoms with E-state index in [0.717, 1.165) is 19.3 Å². The summed E-state index contributed by atoms with van der Waals surface area (Å²) in [5, 5.41) is 0. The van der Waals surface area contributed by atoms with Crippen molar-refractivity contribution in [3.63, 3.8) is 0 Å². The fourth-order valence-corrected chi connectivity index (χ4v) is 3.25. The third-order valence-corrected chi connectivity index (χ3v) is 5.19. The molecule has 0 saturated heterocycles. The van der Waals surface area contributed by atoms with Crippen LogP contribution in [0.5, 0.6) is 0 Å². The van der Waals surface area contributed by atoms with Crippen LogP contribution in [0.2, 0.25) is 0 Å². The van der Waals surface area contributed by atoms with Crippen molar-refractivity contribution in [1.82, 2.24) is 0 Å². The molecular formula is C27H42O2. The largest absolute Gasteiger partial charge is 0.465 e. The Morgan fingerprint density at radius 1 is 0.862 bits per heavy atom. The van der Waals surface area contributed by atoms with E-state index in [4.69, 9.17) is 4.74 Å². The standard InChI is InChI=1S/C27H42O2/c1-3-4-5-6-7-8-9-10-11-12-13-14-15-16-20-23-27(28)29-24-25(2)26-21-18-17-19-22-26/h7-8,10-11,17-19,21-22,25H,3-6,9,12-16,20,23-24H2,1-2H3/b8-7-,11-10-. The lowest BCUT2D eigenvalue weighted by Crippen LogP contribution is -2.10. The molecule has 162 valence electrons. The molecule has 0 aliphatic rings. The van der Waals surface area contributed by atoms with Gasteiger partial charge >= 0.3 is 5.97 Å². The van der Waals surface area contributed by atoms with E-state index in [9.17, 15) is 4.79 Å². The van der Waals surface area contributed by atoms with Gasteiger partial charge in [-0.05, 0) is 44.1 Å². The number of hydrogen-bond donors (Lipinski definition) is 0. The fraction of sp³-hybridized carbons (Fsp3) is 0.593. The minimum Gasteiger partial charge on any atom is -0.465 e. The molecule has 1 rings (SSSR count). The van der Waals surface area contributed by atoms with Crippen LogP contribution in [0.3, 0.4) is 0 Å². The van der Waals surface area contributed by atoms with Gasteiger partial charge in [-0.25, -0.2) is 0 Å². The van der Waals surface area contributed by atoms with E-state index in [1.165, 1.54) is 56.9 Å². The molecular weight excluding hydrogens is 356 g/mol. The Morgan fingerprint density at radius 3 is 2.17 bits per heavy atom. The average Bonchev–Trinajstić information content (AvgIpc) is 2.75. The van der Waals surface area contributed by atoms with Crippen molar-refractivity contribution in [2.75, 3.05) is 6.61 Å². The number of benzene rings is 1. The van der Waals surface area contributed by atoms with E-state index in [1.807, 2.05) is 18.2 Å². The van der Waals surface area contributed by atoms with Gasteiger partial charge in [0.15, 0.2) is 0 Å². The topological polar surface area (TPSA) is 26.3 Å². The van der Waals surface area contributed by atoms with Crippen LogP contribution in [0.15, 0.2) is 54.6 Å². The highest BCUT2D eigenvalue weighted by atomic mass is 16.5. The Kier molecular flexibility index (Phi) is 15.8. The maximum atomic E-state index is 11.9. The lowest BCUT2D eigenvalue weighted by Gasteiger charge is -2.12. The first-order valence-electron chi connectivity index (χ1n) is 11.7. The summed E-state index contributed by atoms with van der Waals surface area (Å²) >= 11 is 0. The van der Waals surface area contributed by atoms with Crippen LogP contribution in [0.25, 0.3) is 0 Å². The lowest BCUT2D eigenvalue weighted by molar-refractivity contribution is -0.144. The van der Waals surface area contributed by atoms with Crippen molar-refractivity contribution in [3.8, 4) is 0 Å². The molecule has 0 N–H and O–H groups in total. The first-order chi connectivity index (χ1) is 14.2. The average molecular weight is 399 g/mol. The molecule has 29 heavy (non-hydrogen) atoms. The van der Waals surface area contributed by atoms with Gasteiger partial charge in [-0.3, -0.25) is 4.79 Å². The minimum atomic E-state index is -0.0570. The van der Waals surface area contributed by atoms with Crippen molar-refractivity contribution in [2.45, 2.75) is 96.8 Å². The molecule has 0 aliphatic carbocycles. The highest BCUT2D eigenvalue weighted by Gasteiger charge is 2.08. The Hall–Kier alpha value is -1.83. The van der Waals surface area contributed by atoms with Gasteiger partial charge in [-0.15, -0.1) is 0 Å². The molecule has 0 heterocycles. The third-order valence-electron chi connectivity index (χ3n) is 5.19. The molecule has 0 aliphatic heterocycles. The summed E-state index contributed by atoms with van der Waals surface area (Å²) < 4.78 is 5.42. The SMILES string of the molecule is CCCCC/C=C\C/C=C\CCCCCCCC(=O)OCC(C)c1ccccc1. The van der Waals surface area contributed by atoms with Gasteiger partial charge in [0.05, 0.1) is 6.61 Å². The molecule has 1 unspecified atom stereocenters. The number of unbranched alkanes of at least 4 members (excludes halogenated alkanes) is 8. The van der Waals surface area contributed by atoms with Crippen LogP contribution in [0.1, 0.15) is 102 Å². The Labute approximate surface area is 179 Å². The number of rotatable bonds is 17. The smallest absolute Gasteiger partial charge is 0.305 e. The lowest BCUT2D eigenvalue weighted by atomic mass is 10.0. The zero-order valence-electron chi connectivity index (χ0n) is 18.8. The Balaban J connectivity index is 1.90. The van der Waals surface area contributed by atoms with Gasteiger partial charge in [-0.1, -0.05) is 101 Å². The van der Waals surface area contributed by atoms with Crippen molar-refractivity contribution < 1.29 is 9.53 Å². The van der Waals surface area contributed by atoms with Gasteiger partial charge in [0, 0.05) is 12.3 Å². The number of hydrogen-bond acceptors (Lipinski definition) is 2. The second kappa shape index (κ2) is 18.2. The first kappa shape index (κ1) is 25.2. The predicted octanol–water partition coefficient (Wildman–Crippen LogP) is 8.15. The van der Waals surface area contributed by atoms with Gasteiger partial charge in [0.25, 0.3) is 0 Å². The zero-order chi connectivity index (χ0) is 21.0. The summed E-state index contributed by atoms with van der Waals surface area (Å²) in [7, 11) is 0. The molecule has 0 fully saturated rings. The van der Waals surface area contributed by atoms with E-state index in [1.54, 1.807) is 0 Å². The molecule has 0 spiro atoms. The van der Waals surface area contributed by atoms with Gasteiger partial charge in [-0.2, -0.15) is 0 Å². The molecule has 0 bridgehead atoms. The van der Waals surface area contributed by atoms with Crippen LogP contribution in [0.4, 0.5) is 0 Å². The normalized spacial score (nSPS) is 12.6. The molecule has 2 heteroatoms. The zero-order valence-corrected chi connectivity index (χ0v) is 18.8. The van der Waals surface area contributed by atoms with Crippen LogP contribution < -0.4 is 0 Å². The molecule has 0 radical (unpaired) electrons. The van der Waals surface area contributed by atoms with E-state index in [0.29, 0.717) is 13.0 Å². The maximum absolute atomic E-state index is 11.9. The molecule has 2 nitrogen and oxygen atoms in total. The van der Waals surface area contributed by atoms with Crippen LogP contribution in [0, 0.1) is 0 Å². The first-order valence-corrected chi connectivity index (χ1v) is 11.7. The third kappa shape index (κ3) is 14.8. The van der Waals surface area contributed by atoms with E-state index < -0.39 is 0 Å². The Bertz CT molecular complexity index is 559. The molecule has 1 aromatic rings. The Morgan fingerprint density at radius 2 is 1.48 bits per heavy atom. The number of allylic oxidation sites excluding steroid dienone is 4. The molecule has 0 aromatic heterocycles. The number of esters is 1. The van der Waals surface area contributed by atoms with E-state index in [-0.39, 0.29) is 11.9 Å². The summed E-state index contributed by atoms with van der Waals surface area (Å²) in [4.78, 5) is 11.9. The summed E-state index contributed by atoms with van der Waals surface area (Å²) in [6, 6.07) is 10.2. The minimum absolute atomic E-state index is 0.0570. The van der Waals surface area contributed by atoms with Crippen LogP contribution in [-0.4, -0.2) is 12.6 Å². The fourth-order valence-electron chi connectivity index (χ4n) is 3.25. The highest BCUT2D eigenvalue weighted by Crippen LogP contribution is 2.15. The van der Waals surface area contributed by atoms with E-state index >= 15 is 0 Å². The van der Waals surface area contributed by atoms with Crippen LogP contribution in [-0.2, 0) is 9.53 Å². The second-order valence-electron chi connectivity index (χ2n) is 7.98. The van der Waals surface area contributed by atoms with Crippen molar-refractivity contribution in [2.24, 2.45) is 0 Å². The predicted molar refractivity (Wildman–Crippen MR) is 125 cm³/mol. The summed E-state index contributed by atoms with van der Waals surface area (Å²) in [6.07, 6.45) is 22.9. The second-order valence-corrected chi connectivity index (χ2v) is 7.98. The highest BCUT2D eigenvalue weighted by molar-refractivity contribution is 5.69.